The summed E-state index contributed by atoms with van der Waals surface area (Å²) in [5.74, 6) is -1.68. The Bertz CT molecular complexity index is 560. The van der Waals surface area contributed by atoms with Crippen LogP contribution in [0.2, 0.25) is 0 Å². The first kappa shape index (κ1) is 14.6. The van der Waals surface area contributed by atoms with Crippen LogP contribution in [0.5, 0.6) is 0 Å². The van der Waals surface area contributed by atoms with Crippen LogP contribution < -0.4 is 5.73 Å². The van der Waals surface area contributed by atoms with Gasteiger partial charge in [-0.15, -0.1) is 0 Å². The minimum absolute atomic E-state index is 0.210. The average Bonchev–Trinajstić information content (AvgIpc) is 2.45. The van der Waals surface area contributed by atoms with Gasteiger partial charge in [-0.05, 0) is 30.8 Å². The summed E-state index contributed by atoms with van der Waals surface area (Å²) >= 11 is 0. The van der Waals surface area contributed by atoms with Crippen molar-refractivity contribution >= 4 is 0 Å². The van der Waals surface area contributed by atoms with Crippen LogP contribution in [0.1, 0.15) is 17.2 Å². The number of hydrogen-bond acceptors (Lipinski definition) is 3. The summed E-state index contributed by atoms with van der Waals surface area (Å²) < 4.78 is 27.2. The van der Waals surface area contributed by atoms with Gasteiger partial charge >= 0.3 is 0 Å². The fourth-order valence-electron chi connectivity index (χ4n) is 2.21. The molecule has 2 aromatic rings. The van der Waals surface area contributed by atoms with Gasteiger partial charge in [0.15, 0.2) is 11.6 Å². The largest absolute Gasteiger partial charge is 0.329 e. The van der Waals surface area contributed by atoms with Gasteiger partial charge in [0.1, 0.15) is 0 Å². The monoisotopic (exact) mass is 277 g/mol. The molecule has 1 heterocycles. The molecule has 0 aliphatic carbocycles. The number of rotatable bonds is 5. The highest BCUT2D eigenvalue weighted by molar-refractivity contribution is 5.23. The Morgan fingerprint density at radius 1 is 1.20 bits per heavy atom. The maximum absolute atomic E-state index is 13.9. The lowest BCUT2D eigenvalue weighted by atomic mass is 10.0. The minimum atomic E-state index is -0.849. The Morgan fingerprint density at radius 2 is 1.90 bits per heavy atom. The summed E-state index contributed by atoms with van der Waals surface area (Å²) in [5, 5.41) is 0. The highest BCUT2D eigenvalue weighted by atomic mass is 19.2. The molecule has 0 fully saturated rings. The predicted molar refractivity (Wildman–Crippen MR) is 73.9 cm³/mol. The van der Waals surface area contributed by atoms with Crippen molar-refractivity contribution in [3.63, 3.8) is 0 Å². The summed E-state index contributed by atoms with van der Waals surface area (Å²) in [6.45, 7) is 0.794. The Hall–Kier alpha value is -1.85. The molecule has 0 radical (unpaired) electrons. The van der Waals surface area contributed by atoms with Crippen molar-refractivity contribution in [2.24, 2.45) is 5.73 Å². The van der Waals surface area contributed by atoms with Crippen LogP contribution in [0.3, 0.4) is 0 Å². The first-order chi connectivity index (χ1) is 9.63. The number of nitrogens with zero attached hydrogens (tertiary/aromatic N) is 2. The first-order valence-corrected chi connectivity index (χ1v) is 6.36. The molecule has 1 aromatic carbocycles. The molecule has 106 valence electrons. The third-order valence-electron chi connectivity index (χ3n) is 3.28. The van der Waals surface area contributed by atoms with Crippen LogP contribution in [-0.2, 0) is 6.54 Å². The van der Waals surface area contributed by atoms with Gasteiger partial charge in [0.2, 0.25) is 0 Å². The van der Waals surface area contributed by atoms with E-state index in [0.29, 0.717) is 6.54 Å². The van der Waals surface area contributed by atoms with Gasteiger partial charge in [-0.2, -0.15) is 0 Å². The third-order valence-corrected chi connectivity index (χ3v) is 3.28. The summed E-state index contributed by atoms with van der Waals surface area (Å²) in [5.41, 5.74) is 7.06. The minimum Gasteiger partial charge on any atom is -0.329 e. The molecule has 0 amide bonds. The van der Waals surface area contributed by atoms with Crippen molar-refractivity contribution in [2.75, 3.05) is 13.6 Å². The number of hydrogen-bond donors (Lipinski definition) is 1. The van der Waals surface area contributed by atoms with Gasteiger partial charge in [0, 0.05) is 31.0 Å². The molecule has 0 saturated carbocycles. The average molecular weight is 277 g/mol. The second-order valence-electron chi connectivity index (χ2n) is 4.67. The molecule has 1 aromatic heterocycles. The quantitative estimate of drug-likeness (QED) is 0.913. The highest BCUT2D eigenvalue weighted by Crippen LogP contribution is 2.24. The van der Waals surface area contributed by atoms with Crippen molar-refractivity contribution in [3.8, 4) is 0 Å². The zero-order valence-corrected chi connectivity index (χ0v) is 11.3. The zero-order valence-electron chi connectivity index (χ0n) is 11.3. The smallest absolute Gasteiger partial charge is 0.163 e. The number of likely N-dealkylation sites (N-methyl/N-ethyl adjacent to an activating group) is 1. The van der Waals surface area contributed by atoms with Crippen LogP contribution in [0.25, 0.3) is 0 Å². The van der Waals surface area contributed by atoms with E-state index in [1.165, 1.54) is 6.07 Å². The second-order valence-corrected chi connectivity index (χ2v) is 4.67. The molecular formula is C15H17F2N3. The van der Waals surface area contributed by atoms with Crippen LogP contribution in [0.15, 0.2) is 42.7 Å². The van der Waals surface area contributed by atoms with E-state index in [1.54, 1.807) is 18.5 Å². The molecule has 2 rings (SSSR count). The molecule has 0 bridgehead atoms. The molecule has 3 nitrogen and oxygen atoms in total. The molecular weight excluding hydrogens is 260 g/mol. The molecule has 0 aliphatic heterocycles. The van der Waals surface area contributed by atoms with Crippen LogP contribution in [0.4, 0.5) is 8.78 Å². The Kier molecular flexibility index (Phi) is 4.76. The van der Waals surface area contributed by atoms with Crippen molar-refractivity contribution in [1.29, 1.82) is 0 Å². The van der Waals surface area contributed by atoms with Gasteiger partial charge in [0.05, 0.1) is 6.04 Å². The molecule has 0 spiro atoms. The summed E-state index contributed by atoms with van der Waals surface area (Å²) in [4.78, 5) is 5.84. The molecule has 1 unspecified atom stereocenters. The van der Waals surface area contributed by atoms with E-state index in [4.69, 9.17) is 5.73 Å². The molecule has 1 atom stereocenters. The second kappa shape index (κ2) is 6.54. The van der Waals surface area contributed by atoms with Crippen molar-refractivity contribution < 1.29 is 8.78 Å². The van der Waals surface area contributed by atoms with Gasteiger partial charge in [-0.3, -0.25) is 9.88 Å². The lowest BCUT2D eigenvalue weighted by Gasteiger charge is -2.27. The first-order valence-electron chi connectivity index (χ1n) is 6.36. The fraction of sp³-hybridized carbons (Fsp3) is 0.267. The SMILES string of the molecule is CN(Cc1ccncc1)C(CN)c1cccc(F)c1F. The van der Waals surface area contributed by atoms with E-state index in [1.807, 2.05) is 24.1 Å². The maximum atomic E-state index is 13.9. The van der Waals surface area contributed by atoms with Crippen molar-refractivity contribution in [2.45, 2.75) is 12.6 Å². The standard InChI is InChI=1S/C15H17F2N3/c1-20(10-11-5-7-19-8-6-11)14(9-18)12-3-2-4-13(16)15(12)17/h2-8,14H,9-10,18H2,1H3. The lowest BCUT2D eigenvalue weighted by Crippen LogP contribution is -2.31. The summed E-state index contributed by atoms with van der Waals surface area (Å²) in [7, 11) is 1.84. The Morgan fingerprint density at radius 3 is 2.55 bits per heavy atom. The predicted octanol–water partition coefficient (Wildman–Crippen LogP) is 2.49. The van der Waals surface area contributed by atoms with Crippen molar-refractivity contribution in [1.82, 2.24) is 9.88 Å². The van der Waals surface area contributed by atoms with Crippen LogP contribution in [0, 0.1) is 11.6 Å². The molecule has 20 heavy (non-hydrogen) atoms. The van der Waals surface area contributed by atoms with Gasteiger partial charge in [0.25, 0.3) is 0 Å². The Balaban J connectivity index is 2.21. The highest BCUT2D eigenvalue weighted by Gasteiger charge is 2.21. The number of pyridine rings is 1. The van der Waals surface area contributed by atoms with Gasteiger partial charge < -0.3 is 5.73 Å². The zero-order chi connectivity index (χ0) is 14.5. The number of benzene rings is 1. The molecule has 2 N–H and O–H groups in total. The van der Waals surface area contributed by atoms with Gasteiger partial charge in [-0.1, -0.05) is 12.1 Å². The topological polar surface area (TPSA) is 42.2 Å². The molecule has 0 saturated heterocycles. The fourth-order valence-corrected chi connectivity index (χ4v) is 2.21. The van der Waals surface area contributed by atoms with E-state index in [2.05, 4.69) is 4.98 Å². The third kappa shape index (κ3) is 3.18. The Labute approximate surface area is 117 Å². The summed E-state index contributed by atoms with van der Waals surface area (Å²) in [6, 6.07) is 7.56. The van der Waals surface area contributed by atoms with Crippen LogP contribution >= 0.6 is 0 Å². The molecule has 0 aliphatic rings. The summed E-state index contributed by atoms with van der Waals surface area (Å²) in [6.07, 6.45) is 3.40. The van der Waals surface area contributed by atoms with E-state index in [9.17, 15) is 8.78 Å². The molecule has 5 heteroatoms. The van der Waals surface area contributed by atoms with E-state index < -0.39 is 11.6 Å². The number of halogens is 2. The lowest BCUT2D eigenvalue weighted by molar-refractivity contribution is 0.235. The van der Waals surface area contributed by atoms with Gasteiger partial charge in [-0.25, -0.2) is 8.78 Å². The van der Waals surface area contributed by atoms with Crippen molar-refractivity contribution in [3.05, 3.63) is 65.5 Å². The number of aromatic nitrogens is 1. The number of nitrogens with two attached hydrogens (primary N) is 1. The van der Waals surface area contributed by atoms with E-state index in [-0.39, 0.29) is 18.2 Å². The maximum Gasteiger partial charge on any atom is 0.163 e. The van der Waals surface area contributed by atoms with E-state index in [0.717, 1.165) is 11.6 Å². The van der Waals surface area contributed by atoms with E-state index >= 15 is 0 Å². The normalized spacial score (nSPS) is 12.7. The van der Waals surface area contributed by atoms with Crippen LogP contribution in [-0.4, -0.2) is 23.5 Å².